The molecule has 1 heterocycles. The van der Waals surface area contributed by atoms with Crippen molar-refractivity contribution in [2.45, 2.75) is 46.6 Å². The Bertz CT molecular complexity index is 1180. The molecule has 0 spiro atoms. The summed E-state index contributed by atoms with van der Waals surface area (Å²) in [5.74, 6) is 1.60. The average Bonchev–Trinajstić information content (AvgIpc) is 2.96. The number of nitrogens with zero attached hydrogens (tertiary/aromatic N) is 1. The molecule has 192 valence electrons. The molecule has 0 fully saturated rings. The Kier molecular flexibility index (Phi) is 7.29. The van der Waals surface area contributed by atoms with Crippen LogP contribution in [0.15, 0.2) is 53.7 Å². The van der Waals surface area contributed by atoms with Crippen molar-refractivity contribution in [1.29, 1.82) is 0 Å². The molecule has 36 heavy (non-hydrogen) atoms. The number of hydrogen-bond donors (Lipinski definition) is 2. The monoisotopic (exact) mass is 491 g/mol. The van der Waals surface area contributed by atoms with Crippen molar-refractivity contribution in [2.24, 2.45) is 11.3 Å². The summed E-state index contributed by atoms with van der Waals surface area (Å²) in [5, 5.41) is 6.62. The number of methoxy groups -OCH3 is 2. The van der Waals surface area contributed by atoms with Gasteiger partial charge in [0.1, 0.15) is 11.5 Å². The third-order valence-corrected chi connectivity index (χ3v) is 6.76. The van der Waals surface area contributed by atoms with Crippen LogP contribution in [-0.4, -0.2) is 39.0 Å². The first-order valence-corrected chi connectivity index (χ1v) is 12.5. The van der Waals surface area contributed by atoms with Crippen molar-refractivity contribution < 1.29 is 19.1 Å². The number of ketones is 1. The summed E-state index contributed by atoms with van der Waals surface area (Å²) >= 11 is 0. The smallest absolute Gasteiger partial charge is 0.239 e. The maximum absolute atomic E-state index is 13.8. The Balaban J connectivity index is 1.95. The zero-order valence-electron chi connectivity index (χ0n) is 22.1. The maximum atomic E-state index is 13.8. The van der Waals surface area contributed by atoms with E-state index in [2.05, 4.69) is 38.3 Å². The van der Waals surface area contributed by atoms with Crippen LogP contribution >= 0.6 is 0 Å². The zero-order chi connectivity index (χ0) is 26.0. The third kappa shape index (κ3) is 5.20. The van der Waals surface area contributed by atoms with E-state index in [0.717, 1.165) is 29.1 Å². The molecule has 0 saturated heterocycles. The van der Waals surface area contributed by atoms with Gasteiger partial charge in [0.25, 0.3) is 0 Å². The molecule has 2 aliphatic rings. The molecule has 1 atom stereocenters. The highest BCUT2D eigenvalue weighted by molar-refractivity contribution is 6.02. The third-order valence-electron chi connectivity index (χ3n) is 6.76. The molecule has 0 aromatic heterocycles. The van der Waals surface area contributed by atoms with Gasteiger partial charge >= 0.3 is 0 Å². The molecular formula is C29H37N3O4. The fourth-order valence-electron chi connectivity index (χ4n) is 5.13. The number of anilines is 2. The standard InChI is InChI=1S/C29H37N3O4/c1-18(2)16-30-26(34)17-32-23-10-8-7-9-21(23)31-22-14-29(3,4)15-24(33)27(22)28(32)20-13-19(35-5)11-12-25(20)36-6/h7-13,18,28,31H,14-17H2,1-6H3,(H,30,34). The van der Waals surface area contributed by atoms with Crippen LogP contribution in [0.4, 0.5) is 11.4 Å². The summed E-state index contributed by atoms with van der Waals surface area (Å²) in [4.78, 5) is 29.1. The van der Waals surface area contributed by atoms with E-state index in [1.165, 1.54) is 0 Å². The van der Waals surface area contributed by atoms with E-state index in [1.807, 2.05) is 47.4 Å². The predicted molar refractivity (Wildman–Crippen MR) is 143 cm³/mol. The van der Waals surface area contributed by atoms with Gasteiger partial charge in [-0.05, 0) is 48.1 Å². The summed E-state index contributed by atoms with van der Waals surface area (Å²) in [6, 6.07) is 13.0. The Hall–Kier alpha value is -3.48. The number of amides is 1. The molecule has 0 radical (unpaired) electrons. The number of rotatable bonds is 7. The highest BCUT2D eigenvalue weighted by Crippen LogP contribution is 2.50. The maximum Gasteiger partial charge on any atom is 0.239 e. The molecular weight excluding hydrogens is 454 g/mol. The van der Waals surface area contributed by atoms with E-state index in [4.69, 9.17) is 9.47 Å². The Labute approximate surface area is 213 Å². The lowest BCUT2D eigenvalue weighted by Crippen LogP contribution is -2.42. The lowest BCUT2D eigenvalue weighted by atomic mass is 9.73. The van der Waals surface area contributed by atoms with Gasteiger partial charge < -0.3 is 25.0 Å². The first-order chi connectivity index (χ1) is 17.1. The van der Waals surface area contributed by atoms with E-state index >= 15 is 0 Å². The fraction of sp³-hybridized carbons (Fsp3) is 0.448. The first-order valence-electron chi connectivity index (χ1n) is 12.5. The highest BCUT2D eigenvalue weighted by Gasteiger charge is 2.42. The van der Waals surface area contributed by atoms with Gasteiger partial charge in [-0.1, -0.05) is 39.8 Å². The molecule has 2 aromatic rings. The molecule has 0 bridgehead atoms. The number of allylic oxidation sites excluding steroid dienone is 1. The molecule has 0 saturated carbocycles. The molecule has 7 heteroatoms. The van der Waals surface area contributed by atoms with Gasteiger partial charge in [0.05, 0.1) is 38.2 Å². The number of para-hydroxylation sites is 2. The first kappa shape index (κ1) is 25.6. The SMILES string of the molecule is COc1ccc(OC)c(C2C3=C(CC(C)(C)CC3=O)Nc3ccccc3N2CC(=O)NCC(C)C)c1. The van der Waals surface area contributed by atoms with E-state index in [0.29, 0.717) is 36.0 Å². The van der Waals surface area contributed by atoms with E-state index in [-0.39, 0.29) is 23.7 Å². The van der Waals surface area contributed by atoms with Crippen molar-refractivity contribution in [1.82, 2.24) is 5.32 Å². The van der Waals surface area contributed by atoms with Crippen LogP contribution in [0.2, 0.25) is 0 Å². The Morgan fingerprint density at radius 3 is 2.58 bits per heavy atom. The summed E-state index contributed by atoms with van der Waals surface area (Å²) in [6.45, 7) is 9.03. The number of hydrogen-bond acceptors (Lipinski definition) is 6. The van der Waals surface area contributed by atoms with Crippen molar-refractivity contribution in [3.8, 4) is 11.5 Å². The topological polar surface area (TPSA) is 79.9 Å². The minimum atomic E-state index is -0.533. The number of benzene rings is 2. The second kappa shape index (κ2) is 10.2. The van der Waals surface area contributed by atoms with Gasteiger partial charge in [0, 0.05) is 29.8 Å². The molecule has 2 aromatic carbocycles. The van der Waals surface area contributed by atoms with Gasteiger partial charge in [-0.2, -0.15) is 0 Å². The van der Waals surface area contributed by atoms with Crippen molar-refractivity contribution in [3.05, 3.63) is 59.3 Å². The minimum absolute atomic E-state index is 0.0732. The summed E-state index contributed by atoms with van der Waals surface area (Å²) in [6.07, 6.45) is 1.15. The van der Waals surface area contributed by atoms with Crippen LogP contribution in [0.25, 0.3) is 0 Å². The Morgan fingerprint density at radius 1 is 1.14 bits per heavy atom. The van der Waals surface area contributed by atoms with Crippen LogP contribution in [0.3, 0.4) is 0 Å². The number of ether oxygens (including phenoxy) is 2. The van der Waals surface area contributed by atoms with Crippen LogP contribution < -0.4 is 25.0 Å². The molecule has 1 amide bonds. The van der Waals surface area contributed by atoms with Crippen molar-refractivity contribution in [2.75, 3.05) is 37.5 Å². The van der Waals surface area contributed by atoms with Gasteiger partial charge in [-0.3, -0.25) is 9.59 Å². The highest BCUT2D eigenvalue weighted by atomic mass is 16.5. The number of Topliss-reactive ketones (excluding diaryl/α,β-unsaturated/α-hetero) is 1. The number of carbonyl (C=O) groups is 2. The van der Waals surface area contributed by atoms with Crippen molar-refractivity contribution in [3.63, 3.8) is 0 Å². The Morgan fingerprint density at radius 2 is 1.89 bits per heavy atom. The molecule has 1 aliphatic carbocycles. The summed E-state index contributed by atoms with van der Waals surface area (Å²) in [7, 11) is 3.24. The van der Waals surface area contributed by atoms with Gasteiger partial charge in [0.2, 0.25) is 5.91 Å². The average molecular weight is 492 g/mol. The number of carbonyl (C=O) groups excluding carboxylic acids is 2. The van der Waals surface area contributed by atoms with Gasteiger partial charge in [0.15, 0.2) is 5.78 Å². The number of nitrogens with one attached hydrogen (secondary N) is 2. The van der Waals surface area contributed by atoms with Gasteiger partial charge in [-0.25, -0.2) is 0 Å². The zero-order valence-corrected chi connectivity index (χ0v) is 22.1. The molecule has 1 unspecified atom stereocenters. The van der Waals surface area contributed by atoms with Gasteiger partial charge in [-0.15, -0.1) is 0 Å². The number of fused-ring (bicyclic) bond motifs is 1. The second-order valence-corrected chi connectivity index (χ2v) is 10.8. The quantitative estimate of drug-likeness (QED) is 0.562. The largest absolute Gasteiger partial charge is 0.497 e. The lowest BCUT2D eigenvalue weighted by Gasteiger charge is -2.38. The van der Waals surface area contributed by atoms with E-state index in [9.17, 15) is 9.59 Å². The van der Waals surface area contributed by atoms with Crippen molar-refractivity contribution >= 4 is 23.1 Å². The minimum Gasteiger partial charge on any atom is -0.497 e. The molecule has 2 N–H and O–H groups in total. The van der Waals surface area contributed by atoms with E-state index in [1.54, 1.807) is 14.2 Å². The second-order valence-electron chi connectivity index (χ2n) is 10.8. The molecule has 4 rings (SSSR count). The molecule has 7 nitrogen and oxygen atoms in total. The predicted octanol–water partition coefficient (Wildman–Crippen LogP) is 5.09. The van der Waals surface area contributed by atoms with Crippen LogP contribution in [0.1, 0.15) is 52.1 Å². The van der Waals surface area contributed by atoms with Crippen LogP contribution in [0.5, 0.6) is 11.5 Å². The molecule has 1 aliphatic heterocycles. The lowest BCUT2D eigenvalue weighted by molar-refractivity contribution is -0.120. The van der Waals surface area contributed by atoms with E-state index < -0.39 is 6.04 Å². The summed E-state index contributed by atoms with van der Waals surface area (Å²) in [5.41, 5.74) is 3.90. The normalized spacial score (nSPS) is 18.7. The van der Waals surface area contributed by atoms with Crippen LogP contribution in [-0.2, 0) is 9.59 Å². The fourth-order valence-corrected chi connectivity index (χ4v) is 5.13. The summed E-state index contributed by atoms with van der Waals surface area (Å²) < 4.78 is 11.3. The van der Waals surface area contributed by atoms with Crippen LogP contribution in [0, 0.1) is 11.3 Å².